The number of urea groups is 1. The Kier molecular flexibility index (Phi) is 6.49. The van der Waals surface area contributed by atoms with Crippen LogP contribution in [0.1, 0.15) is 31.4 Å². The zero-order valence-electron chi connectivity index (χ0n) is 13.3. The fraction of sp³-hybridized carbons (Fsp3) is 0.562. The van der Waals surface area contributed by atoms with E-state index >= 15 is 0 Å². The lowest BCUT2D eigenvalue weighted by atomic mass is 9.90. The van der Waals surface area contributed by atoms with Gasteiger partial charge in [0.1, 0.15) is 5.75 Å². The summed E-state index contributed by atoms with van der Waals surface area (Å²) < 4.78 is 5.20. The number of aryl methyl sites for hydroxylation is 1. The van der Waals surface area contributed by atoms with Crippen molar-refractivity contribution in [3.63, 3.8) is 0 Å². The van der Waals surface area contributed by atoms with E-state index in [2.05, 4.69) is 10.6 Å². The molecule has 0 saturated heterocycles. The number of ether oxygens (including phenoxy) is 1. The summed E-state index contributed by atoms with van der Waals surface area (Å²) in [4.78, 5) is 11.8. The third kappa shape index (κ3) is 6.04. The van der Waals surface area contributed by atoms with Crippen molar-refractivity contribution in [2.24, 2.45) is 5.41 Å². The van der Waals surface area contributed by atoms with Gasteiger partial charge in [-0.05, 0) is 36.0 Å². The molecule has 0 aliphatic rings. The Hall–Kier alpha value is -1.75. The second kappa shape index (κ2) is 7.88. The van der Waals surface area contributed by atoms with Crippen molar-refractivity contribution in [1.82, 2.24) is 10.6 Å². The lowest BCUT2D eigenvalue weighted by Gasteiger charge is -2.23. The molecule has 0 fully saturated rings. The first kappa shape index (κ1) is 17.3. The van der Waals surface area contributed by atoms with Crippen LogP contribution in [0.2, 0.25) is 0 Å². The van der Waals surface area contributed by atoms with Gasteiger partial charge in [0.2, 0.25) is 0 Å². The van der Waals surface area contributed by atoms with Crippen LogP contribution in [0, 0.1) is 12.3 Å². The third-order valence-electron chi connectivity index (χ3n) is 3.43. The Morgan fingerprint density at radius 1 is 1.33 bits per heavy atom. The van der Waals surface area contributed by atoms with Crippen LogP contribution >= 0.6 is 0 Å². The molecule has 0 bridgehead atoms. The minimum atomic E-state index is -0.200. The third-order valence-corrected chi connectivity index (χ3v) is 3.43. The summed E-state index contributed by atoms with van der Waals surface area (Å²) in [6.45, 7) is 7.12. The molecule has 0 unspecified atom stereocenters. The maximum absolute atomic E-state index is 11.8. The van der Waals surface area contributed by atoms with Crippen molar-refractivity contribution < 1.29 is 14.6 Å². The highest BCUT2D eigenvalue weighted by Gasteiger charge is 2.17. The number of nitrogens with one attached hydrogen (secondary N) is 2. The molecule has 0 saturated carbocycles. The highest BCUT2D eigenvalue weighted by molar-refractivity contribution is 5.73. The highest BCUT2D eigenvalue weighted by Crippen LogP contribution is 2.19. The zero-order chi connectivity index (χ0) is 15.9. The van der Waals surface area contributed by atoms with Gasteiger partial charge in [0.15, 0.2) is 0 Å². The molecule has 0 heterocycles. The number of amides is 2. The van der Waals surface area contributed by atoms with Gasteiger partial charge in [0, 0.05) is 19.7 Å². The summed E-state index contributed by atoms with van der Waals surface area (Å²) in [6, 6.07) is 5.63. The van der Waals surface area contributed by atoms with Crippen molar-refractivity contribution in [3.05, 3.63) is 29.3 Å². The number of aliphatic hydroxyl groups excluding tert-OH is 1. The number of hydrogen-bond donors (Lipinski definition) is 3. The van der Waals surface area contributed by atoms with Crippen molar-refractivity contribution in [2.45, 2.75) is 33.7 Å². The van der Waals surface area contributed by atoms with Crippen LogP contribution in [0.25, 0.3) is 0 Å². The fourth-order valence-electron chi connectivity index (χ4n) is 2.01. The summed E-state index contributed by atoms with van der Waals surface area (Å²) in [5.74, 6) is 0.842. The van der Waals surface area contributed by atoms with Crippen LogP contribution in [0.4, 0.5) is 4.79 Å². The van der Waals surface area contributed by atoms with E-state index in [1.165, 1.54) is 0 Å². The van der Waals surface area contributed by atoms with Crippen molar-refractivity contribution in [1.29, 1.82) is 0 Å². The lowest BCUT2D eigenvalue weighted by molar-refractivity contribution is 0.201. The lowest BCUT2D eigenvalue weighted by Crippen LogP contribution is -2.40. The Morgan fingerprint density at radius 3 is 2.62 bits per heavy atom. The molecule has 0 spiro atoms. The quantitative estimate of drug-likeness (QED) is 0.722. The van der Waals surface area contributed by atoms with Gasteiger partial charge >= 0.3 is 6.03 Å². The number of carbonyl (C=O) groups is 1. The summed E-state index contributed by atoms with van der Waals surface area (Å²) in [6.07, 6.45) is 0.658. The van der Waals surface area contributed by atoms with E-state index in [0.717, 1.165) is 16.9 Å². The minimum Gasteiger partial charge on any atom is -0.496 e. The number of benzene rings is 1. The Morgan fingerprint density at radius 2 is 2.05 bits per heavy atom. The molecule has 5 nitrogen and oxygen atoms in total. The summed E-state index contributed by atoms with van der Waals surface area (Å²) in [5.41, 5.74) is 1.96. The van der Waals surface area contributed by atoms with Crippen molar-refractivity contribution >= 4 is 6.03 Å². The van der Waals surface area contributed by atoms with Gasteiger partial charge in [0.25, 0.3) is 0 Å². The molecule has 3 N–H and O–H groups in total. The molecular weight excluding hydrogens is 268 g/mol. The molecule has 1 aromatic rings. The van der Waals surface area contributed by atoms with E-state index in [1.54, 1.807) is 7.11 Å². The molecule has 0 aliphatic heterocycles. The zero-order valence-corrected chi connectivity index (χ0v) is 13.3. The first-order valence-corrected chi connectivity index (χ1v) is 7.14. The van der Waals surface area contributed by atoms with Crippen LogP contribution in [-0.4, -0.2) is 31.4 Å². The van der Waals surface area contributed by atoms with Gasteiger partial charge in [-0.3, -0.25) is 0 Å². The minimum absolute atomic E-state index is 0.108. The summed E-state index contributed by atoms with van der Waals surface area (Å²) in [5, 5.41) is 14.6. The topological polar surface area (TPSA) is 70.6 Å². The van der Waals surface area contributed by atoms with Crippen LogP contribution in [0.3, 0.4) is 0 Å². The Bertz CT molecular complexity index is 473. The number of carbonyl (C=O) groups excluding carboxylic acids is 1. The average molecular weight is 294 g/mol. The molecule has 1 aromatic carbocycles. The predicted octanol–water partition coefficient (Wildman–Crippen LogP) is 2.21. The van der Waals surface area contributed by atoms with Crippen molar-refractivity contribution in [3.8, 4) is 5.75 Å². The Balaban J connectivity index is 2.41. The average Bonchev–Trinajstić information content (AvgIpc) is 2.43. The second-order valence-corrected chi connectivity index (χ2v) is 5.98. The standard InChI is InChI=1S/C16H26N2O3/c1-12-9-13(5-6-14(12)21-4)10-17-15(20)18-11-16(2,3)7-8-19/h5-6,9,19H,7-8,10-11H2,1-4H3,(H2,17,18,20). The summed E-state index contributed by atoms with van der Waals surface area (Å²) in [7, 11) is 1.64. The van der Waals surface area contributed by atoms with Gasteiger partial charge in [-0.2, -0.15) is 0 Å². The van der Waals surface area contributed by atoms with E-state index < -0.39 is 0 Å². The molecule has 0 aromatic heterocycles. The number of aliphatic hydroxyl groups is 1. The second-order valence-electron chi connectivity index (χ2n) is 5.98. The van der Waals surface area contributed by atoms with Crippen LogP contribution in [-0.2, 0) is 6.54 Å². The maximum atomic E-state index is 11.8. The molecule has 0 aliphatic carbocycles. The Labute approximate surface area is 126 Å². The monoisotopic (exact) mass is 294 g/mol. The van der Waals surface area contributed by atoms with Crippen LogP contribution in [0.5, 0.6) is 5.75 Å². The van der Waals surface area contributed by atoms with E-state index in [1.807, 2.05) is 39.0 Å². The molecule has 118 valence electrons. The van der Waals surface area contributed by atoms with E-state index in [4.69, 9.17) is 9.84 Å². The van der Waals surface area contributed by atoms with Gasteiger partial charge in [0.05, 0.1) is 7.11 Å². The molecule has 0 radical (unpaired) electrons. The normalized spacial score (nSPS) is 11.1. The largest absolute Gasteiger partial charge is 0.496 e. The first-order chi connectivity index (χ1) is 9.88. The molecule has 2 amide bonds. The molecule has 5 heteroatoms. The smallest absolute Gasteiger partial charge is 0.315 e. The first-order valence-electron chi connectivity index (χ1n) is 7.14. The fourth-order valence-corrected chi connectivity index (χ4v) is 2.01. The van der Waals surface area contributed by atoms with E-state index in [-0.39, 0.29) is 18.1 Å². The molecule has 0 atom stereocenters. The van der Waals surface area contributed by atoms with Crippen LogP contribution < -0.4 is 15.4 Å². The van der Waals surface area contributed by atoms with Gasteiger partial charge in [-0.1, -0.05) is 26.0 Å². The highest BCUT2D eigenvalue weighted by atomic mass is 16.5. The SMILES string of the molecule is COc1ccc(CNC(=O)NCC(C)(C)CCO)cc1C. The van der Waals surface area contributed by atoms with Gasteiger partial charge in [-0.15, -0.1) is 0 Å². The predicted molar refractivity (Wildman–Crippen MR) is 83.5 cm³/mol. The van der Waals surface area contributed by atoms with E-state index in [9.17, 15) is 4.79 Å². The molecule has 21 heavy (non-hydrogen) atoms. The van der Waals surface area contributed by atoms with Crippen LogP contribution in [0.15, 0.2) is 18.2 Å². The molecular formula is C16H26N2O3. The summed E-state index contributed by atoms with van der Waals surface area (Å²) >= 11 is 0. The number of rotatable bonds is 7. The van der Waals surface area contributed by atoms with Crippen molar-refractivity contribution in [2.75, 3.05) is 20.3 Å². The molecule has 1 rings (SSSR count). The van der Waals surface area contributed by atoms with Gasteiger partial charge in [-0.25, -0.2) is 4.79 Å². The maximum Gasteiger partial charge on any atom is 0.315 e. The van der Waals surface area contributed by atoms with Gasteiger partial charge < -0.3 is 20.5 Å². The number of methoxy groups -OCH3 is 1. The number of hydrogen-bond acceptors (Lipinski definition) is 3. The van der Waals surface area contributed by atoms with E-state index in [0.29, 0.717) is 19.5 Å².